The second kappa shape index (κ2) is 5.77. The number of nitrogen functional groups attached to an aromatic ring is 1. The standard InChI is InChI=1S/C18H15N3O/c1-12(22)15-16(13-8-4-2-5-9-13)17(20-21-18(15)19)14-10-6-3-7-11-14/h2-11H,1H3,(H2,19,21). The van der Waals surface area contributed by atoms with Crippen molar-refractivity contribution in [2.24, 2.45) is 0 Å². The minimum atomic E-state index is -0.122. The van der Waals surface area contributed by atoms with Gasteiger partial charge < -0.3 is 5.73 Å². The molecule has 0 saturated heterocycles. The van der Waals surface area contributed by atoms with Crippen molar-refractivity contribution in [3.05, 3.63) is 66.2 Å². The predicted octanol–water partition coefficient (Wildman–Crippen LogP) is 3.60. The fourth-order valence-corrected chi connectivity index (χ4v) is 2.49. The number of Topliss-reactive ketones (excluding diaryl/α,β-unsaturated/α-hetero) is 1. The molecule has 0 unspecified atom stereocenters. The molecule has 22 heavy (non-hydrogen) atoms. The molecule has 0 saturated carbocycles. The maximum atomic E-state index is 12.1. The van der Waals surface area contributed by atoms with Gasteiger partial charge in [0.1, 0.15) is 5.69 Å². The molecule has 3 rings (SSSR count). The second-order valence-electron chi connectivity index (χ2n) is 4.97. The van der Waals surface area contributed by atoms with Crippen molar-refractivity contribution in [1.82, 2.24) is 10.2 Å². The molecule has 0 bridgehead atoms. The van der Waals surface area contributed by atoms with Crippen molar-refractivity contribution in [1.29, 1.82) is 0 Å². The van der Waals surface area contributed by atoms with Crippen molar-refractivity contribution < 1.29 is 4.79 Å². The van der Waals surface area contributed by atoms with Gasteiger partial charge in [-0.1, -0.05) is 60.7 Å². The molecule has 0 fully saturated rings. The van der Waals surface area contributed by atoms with Crippen molar-refractivity contribution in [2.75, 3.05) is 5.73 Å². The van der Waals surface area contributed by atoms with Gasteiger partial charge >= 0.3 is 0 Å². The molecule has 3 aromatic rings. The Kier molecular flexibility index (Phi) is 3.66. The zero-order chi connectivity index (χ0) is 15.5. The normalized spacial score (nSPS) is 10.4. The summed E-state index contributed by atoms with van der Waals surface area (Å²) in [5, 5.41) is 8.21. The zero-order valence-corrected chi connectivity index (χ0v) is 12.2. The van der Waals surface area contributed by atoms with E-state index in [-0.39, 0.29) is 11.6 Å². The smallest absolute Gasteiger partial charge is 0.164 e. The van der Waals surface area contributed by atoms with Crippen LogP contribution in [0.5, 0.6) is 0 Å². The lowest BCUT2D eigenvalue weighted by Crippen LogP contribution is -2.08. The van der Waals surface area contributed by atoms with Crippen molar-refractivity contribution in [3.8, 4) is 22.4 Å². The number of hydrogen-bond acceptors (Lipinski definition) is 4. The lowest BCUT2D eigenvalue weighted by molar-refractivity contribution is 0.101. The van der Waals surface area contributed by atoms with Crippen LogP contribution in [-0.2, 0) is 0 Å². The summed E-state index contributed by atoms with van der Waals surface area (Å²) in [6.07, 6.45) is 0. The largest absolute Gasteiger partial charge is 0.382 e. The molecule has 1 heterocycles. The summed E-state index contributed by atoms with van der Waals surface area (Å²) in [6, 6.07) is 19.3. The Morgan fingerprint density at radius 1 is 0.864 bits per heavy atom. The first-order valence-electron chi connectivity index (χ1n) is 6.96. The third-order valence-corrected chi connectivity index (χ3v) is 3.46. The molecule has 0 aliphatic heterocycles. The highest BCUT2D eigenvalue weighted by atomic mass is 16.1. The molecule has 0 radical (unpaired) electrons. The molecule has 2 N–H and O–H groups in total. The van der Waals surface area contributed by atoms with E-state index in [0.717, 1.165) is 16.7 Å². The molecule has 0 spiro atoms. The van der Waals surface area contributed by atoms with Gasteiger partial charge in [0, 0.05) is 11.1 Å². The van der Waals surface area contributed by atoms with Gasteiger partial charge in [0.2, 0.25) is 0 Å². The molecule has 2 aromatic carbocycles. The molecule has 0 amide bonds. The molecule has 0 aliphatic rings. The van der Waals surface area contributed by atoms with Crippen molar-refractivity contribution >= 4 is 11.6 Å². The van der Waals surface area contributed by atoms with E-state index in [1.807, 2.05) is 60.7 Å². The number of hydrogen-bond donors (Lipinski definition) is 1. The van der Waals surface area contributed by atoms with E-state index in [9.17, 15) is 4.79 Å². The predicted molar refractivity (Wildman–Crippen MR) is 87.3 cm³/mol. The van der Waals surface area contributed by atoms with Crippen LogP contribution in [0.4, 0.5) is 5.82 Å². The van der Waals surface area contributed by atoms with Gasteiger partial charge in [-0.2, -0.15) is 0 Å². The summed E-state index contributed by atoms with van der Waals surface area (Å²) in [5.41, 5.74) is 9.51. The number of anilines is 1. The summed E-state index contributed by atoms with van der Waals surface area (Å²) in [5.74, 6) is 0.0365. The van der Waals surface area contributed by atoms with Gasteiger partial charge in [0.25, 0.3) is 0 Å². The van der Waals surface area contributed by atoms with E-state index in [2.05, 4.69) is 10.2 Å². The van der Waals surface area contributed by atoms with E-state index in [4.69, 9.17) is 5.73 Å². The average Bonchev–Trinajstić information content (AvgIpc) is 2.56. The van der Waals surface area contributed by atoms with Crippen LogP contribution in [0.25, 0.3) is 22.4 Å². The summed E-state index contributed by atoms with van der Waals surface area (Å²) < 4.78 is 0. The Morgan fingerprint density at radius 2 is 1.41 bits per heavy atom. The van der Waals surface area contributed by atoms with Gasteiger partial charge in [0.05, 0.1) is 5.56 Å². The first-order chi connectivity index (χ1) is 10.7. The summed E-state index contributed by atoms with van der Waals surface area (Å²) in [7, 11) is 0. The number of carbonyl (C=O) groups excluding carboxylic acids is 1. The van der Waals surface area contributed by atoms with E-state index in [1.165, 1.54) is 6.92 Å². The summed E-state index contributed by atoms with van der Waals surface area (Å²) in [6.45, 7) is 1.49. The van der Waals surface area contributed by atoms with Gasteiger partial charge in [-0.3, -0.25) is 4.79 Å². The SMILES string of the molecule is CC(=O)c1c(N)nnc(-c2ccccc2)c1-c1ccccc1. The molecule has 4 nitrogen and oxygen atoms in total. The Bertz CT molecular complexity index is 814. The van der Waals surface area contributed by atoms with Crippen LogP contribution >= 0.6 is 0 Å². The zero-order valence-electron chi connectivity index (χ0n) is 12.2. The number of nitrogens with two attached hydrogens (primary N) is 1. The van der Waals surface area contributed by atoms with E-state index in [0.29, 0.717) is 11.3 Å². The van der Waals surface area contributed by atoms with Crippen LogP contribution in [0.3, 0.4) is 0 Å². The maximum absolute atomic E-state index is 12.1. The fraction of sp³-hybridized carbons (Fsp3) is 0.0556. The summed E-state index contributed by atoms with van der Waals surface area (Å²) in [4.78, 5) is 12.1. The minimum absolute atomic E-state index is 0.122. The second-order valence-corrected chi connectivity index (χ2v) is 4.97. The average molecular weight is 289 g/mol. The molecule has 108 valence electrons. The van der Waals surface area contributed by atoms with Crippen molar-refractivity contribution in [3.63, 3.8) is 0 Å². The number of nitrogens with zero attached hydrogens (tertiary/aromatic N) is 2. The first kappa shape index (κ1) is 13.9. The third-order valence-electron chi connectivity index (χ3n) is 3.46. The van der Waals surface area contributed by atoms with Crippen LogP contribution in [-0.4, -0.2) is 16.0 Å². The van der Waals surface area contributed by atoms with E-state index >= 15 is 0 Å². The first-order valence-corrected chi connectivity index (χ1v) is 6.96. The molecule has 0 aliphatic carbocycles. The Balaban J connectivity index is 2.37. The fourth-order valence-electron chi connectivity index (χ4n) is 2.49. The lowest BCUT2D eigenvalue weighted by Gasteiger charge is -2.14. The number of ketones is 1. The van der Waals surface area contributed by atoms with Crippen LogP contribution in [0.1, 0.15) is 17.3 Å². The van der Waals surface area contributed by atoms with Crippen LogP contribution < -0.4 is 5.73 Å². The van der Waals surface area contributed by atoms with Crippen LogP contribution in [0.15, 0.2) is 60.7 Å². The number of rotatable bonds is 3. The number of aromatic nitrogens is 2. The lowest BCUT2D eigenvalue weighted by atomic mass is 9.93. The van der Waals surface area contributed by atoms with Gasteiger partial charge in [-0.05, 0) is 12.5 Å². The highest BCUT2D eigenvalue weighted by Gasteiger charge is 2.20. The Labute approximate surface area is 128 Å². The van der Waals surface area contributed by atoms with Gasteiger partial charge in [0.15, 0.2) is 11.6 Å². The quantitative estimate of drug-likeness (QED) is 0.748. The molecule has 0 atom stereocenters. The molecule has 4 heteroatoms. The topological polar surface area (TPSA) is 68.9 Å². The van der Waals surface area contributed by atoms with E-state index in [1.54, 1.807) is 0 Å². The highest BCUT2D eigenvalue weighted by molar-refractivity contribution is 6.07. The van der Waals surface area contributed by atoms with Gasteiger partial charge in [-0.25, -0.2) is 0 Å². The molecular formula is C18H15N3O. The highest BCUT2D eigenvalue weighted by Crippen LogP contribution is 2.35. The van der Waals surface area contributed by atoms with Crippen LogP contribution in [0.2, 0.25) is 0 Å². The van der Waals surface area contributed by atoms with Gasteiger partial charge in [-0.15, -0.1) is 10.2 Å². The van der Waals surface area contributed by atoms with E-state index < -0.39 is 0 Å². The Hall–Kier alpha value is -3.01. The number of carbonyl (C=O) groups is 1. The minimum Gasteiger partial charge on any atom is -0.382 e. The Morgan fingerprint density at radius 3 is 1.95 bits per heavy atom. The summed E-state index contributed by atoms with van der Waals surface area (Å²) >= 11 is 0. The maximum Gasteiger partial charge on any atom is 0.164 e. The molecule has 1 aromatic heterocycles. The van der Waals surface area contributed by atoms with Crippen molar-refractivity contribution in [2.45, 2.75) is 6.92 Å². The van der Waals surface area contributed by atoms with Crippen LogP contribution in [0, 0.1) is 0 Å². The molecular weight excluding hydrogens is 274 g/mol. The number of benzene rings is 2. The third kappa shape index (κ3) is 2.46. The monoisotopic (exact) mass is 289 g/mol.